The smallest absolute Gasteiger partial charge is 0.309 e. The van der Waals surface area contributed by atoms with Crippen LogP contribution in [0.3, 0.4) is 0 Å². The molecule has 1 aliphatic rings. The van der Waals surface area contributed by atoms with Crippen LogP contribution in [0.2, 0.25) is 0 Å². The molecule has 1 saturated carbocycles. The number of carbonyl (C=O) groups is 2. The lowest BCUT2D eigenvalue weighted by atomic mass is 9.59. The highest BCUT2D eigenvalue weighted by Gasteiger charge is 2.49. The first kappa shape index (κ1) is 33.0. The van der Waals surface area contributed by atoms with Crippen LogP contribution in [0, 0.1) is 17.3 Å². The summed E-state index contributed by atoms with van der Waals surface area (Å²) in [6.45, 7) is 4.50. The summed E-state index contributed by atoms with van der Waals surface area (Å²) in [7, 11) is 0. The third-order valence-electron chi connectivity index (χ3n) is 8.95. The highest BCUT2D eigenvalue weighted by atomic mass is 16.4. The minimum absolute atomic E-state index is 0.0115. The summed E-state index contributed by atoms with van der Waals surface area (Å²) >= 11 is 0. The van der Waals surface area contributed by atoms with Crippen LogP contribution in [0.15, 0.2) is 0 Å². The Bertz CT molecular complexity index is 560. The molecule has 3 atom stereocenters. The number of rotatable bonds is 24. The quantitative estimate of drug-likeness (QED) is 0.127. The number of aliphatic carboxylic acids is 2. The van der Waals surface area contributed by atoms with Gasteiger partial charge in [0.2, 0.25) is 0 Å². The summed E-state index contributed by atoms with van der Waals surface area (Å²) in [4.78, 5) is 24.3. The lowest BCUT2D eigenvalue weighted by Gasteiger charge is -2.43. The molecule has 0 spiro atoms. The maximum Gasteiger partial charge on any atom is 0.309 e. The van der Waals surface area contributed by atoms with Crippen molar-refractivity contribution >= 4 is 11.9 Å². The van der Waals surface area contributed by atoms with Crippen LogP contribution >= 0.6 is 0 Å². The van der Waals surface area contributed by atoms with Crippen molar-refractivity contribution in [1.29, 1.82) is 0 Å². The zero-order chi connectivity index (χ0) is 26.5. The van der Waals surface area contributed by atoms with Crippen molar-refractivity contribution < 1.29 is 19.8 Å². The molecule has 2 N–H and O–H groups in total. The monoisotopic (exact) mass is 508 g/mol. The van der Waals surface area contributed by atoms with Crippen LogP contribution in [-0.2, 0) is 9.59 Å². The van der Waals surface area contributed by atoms with Crippen molar-refractivity contribution in [3.05, 3.63) is 0 Å². The lowest BCUT2D eigenvalue weighted by Crippen LogP contribution is -2.44. The zero-order valence-electron chi connectivity index (χ0n) is 24.0. The van der Waals surface area contributed by atoms with Gasteiger partial charge in [0.15, 0.2) is 0 Å². The van der Waals surface area contributed by atoms with Crippen molar-refractivity contribution in [2.45, 2.75) is 174 Å². The van der Waals surface area contributed by atoms with Gasteiger partial charge in [0, 0.05) is 0 Å². The Morgan fingerprint density at radius 3 is 1.47 bits per heavy atom. The molecule has 36 heavy (non-hydrogen) atoms. The standard InChI is InChI=1S/C32H60O4/c1-3-5-7-9-11-13-14-15-17-19-21-23-29-27-28(30(33)34)24-26-32(29,31(35)36)25-22-20-18-16-12-10-8-6-4-2/h28-29H,3-27H2,1-2H3,(H,33,34)(H,35,36). The van der Waals surface area contributed by atoms with Gasteiger partial charge in [0.25, 0.3) is 0 Å². The minimum atomic E-state index is -0.735. The number of hydrogen-bond donors (Lipinski definition) is 2. The fraction of sp³-hybridized carbons (Fsp3) is 0.938. The van der Waals surface area contributed by atoms with Gasteiger partial charge in [-0.2, -0.15) is 0 Å². The predicted molar refractivity (Wildman–Crippen MR) is 151 cm³/mol. The van der Waals surface area contributed by atoms with Crippen LogP contribution in [0.1, 0.15) is 174 Å². The lowest BCUT2D eigenvalue weighted by molar-refractivity contribution is -0.161. The molecular formula is C32H60O4. The fourth-order valence-electron chi connectivity index (χ4n) is 6.46. The molecule has 0 aromatic heterocycles. The van der Waals surface area contributed by atoms with Crippen molar-refractivity contribution in [3.8, 4) is 0 Å². The van der Waals surface area contributed by atoms with Gasteiger partial charge in [-0.25, -0.2) is 0 Å². The molecule has 4 nitrogen and oxygen atoms in total. The van der Waals surface area contributed by atoms with E-state index in [-0.39, 0.29) is 11.8 Å². The van der Waals surface area contributed by atoms with E-state index in [1.807, 2.05) is 0 Å². The summed E-state index contributed by atoms with van der Waals surface area (Å²) in [5.41, 5.74) is -0.703. The van der Waals surface area contributed by atoms with Crippen LogP contribution in [0.5, 0.6) is 0 Å². The second kappa shape index (κ2) is 20.9. The van der Waals surface area contributed by atoms with Crippen LogP contribution < -0.4 is 0 Å². The molecule has 0 radical (unpaired) electrons. The Morgan fingerprint density at radius 1 is 0.639 bits per heavy atom. The Kier molecular flexibility index (Phi) is 19.2. The second-order valence-electron chi connectivity index (χ2n) is 11.9. The van der Waals surface area contributed by atoms with Gasteiger partial charge < -0.3 is 10.2 Å². The van der Waals surface area contributed by atoms with Gasteiger partial charge in [-0.15, -0.1) is 0 Å². The predicted octanol–water partition coefficient (Wildman–Crippen LogP) is 10.2. The van der Waals surface area contributed by atoms with Crippen molar-refractivity contribution in [1.82, 2.24) is 0 Å². The van der Waals surface area contributed by atoms with E-state index in [0.29, 0.717) is 19.3 Å². The molecule has 1 fully saturated rings. The van der Waals surface area contributed by atoms with E-state index in [9.17, 15) is 19.8 Å². The minimum Gasteiger partial charge on any atom is -0.481 e. The van der Waals surface area contributed by atoms with E-state index in [2.05, 4.69) is 13.8 Å². The van der Waals surface area contributed by atoms with Crippen LogP contribution in [0.25, 0.3) is 0 Å². The molecule has 0 aromatic rings. The van der Waals surface area contributed by atoms with E-state index < -0.39 is 17.4 Å². The van der Waals surface area contributed by atoms with E-state index in [1.165, 1.54) is 103 Å². The van der Waals surface area contributed by atoms with Gasteiger partial charge in [0.05, 0.1) is 11.3 Å². The summed E-state index contributed by atoms with van der Waals surface area (Å²) < 4.78 is 0. The first-order valence-corrected chi connectivity index (χ1v) is 15.9. The molecule has 0 aliphatic heterocycles. The van der Waals surface area contributed by atoms with Crippen LogP contribution in [0.4, 0.5) is 0 Å². The average molecular weight is 509 g/mol. The Morgan fingerprint density at radius 2 is 1.06 bits per heavy atom. The fourth-order valence-corrected chi connectivity index (χ4v) is 6.46. The van der Waals surface area contributed by atoms with Gasteiger partial charge in [-0.3, -0.25) is 9.59 Å². The highest BCUT2D eigenvalue weighted by Crippen LogP contribution is 2.49. The van der Waals surface area contributed by atoms with Gasteiger partial charge >= 0.3 is 11.9 Å². The molecule has 4 heteroatoms. The van der Waals surface area contributed by atoms with Crippen molar-refractivity contribution in [3.63, 3.8) is 0 Å². The molecule has 212 valence electrons. The third-order valence-corrected chi connectivity index (χ3v) is 8.95. The maximum atomic E-state index is 12.6. The van der Waals surface area contributed by atoms with Crippen molar-refractivity contribution in [2.24, 2.45) is 17.3 Å². The number of carboxylic acids is 2. The summed E-state index contributed by atoms with van der Waals surface area (Å²) in [5.74, 6) is -1.75. The summed E-state index contributed by atoms with van der Waals surface area (Å²) in [5, 5.41) is 20.0. The van der Waals surface area contributed by atoms with Crippen molar-refractivity contribution in [2.75, 3.05) is 0 Å². The SMILES string of the molecule is CCCCCCCCCCCCCC1CC(C(=O)O)CCC1(CCCCCCCCCCC)C(=O)O. The molecular weight excluding hydrogens is 448 g/mol. The highest BCUT2D eigenvalue weighted by molar-refractivity contribution is 5.76. The normalized spacial score (nSPS) is 22.1. The Labute approximate surface area is 223 Å². The van der Waals surface area contributed by atoms with Gasteiger partial charge in [0.1, 0.15) is 0 Å². The van der Waals surface area contributed by atoms with Gasteiger partial charge in [-0.05, 0) is 38.0 Å². The number of carboxylic acid groups (broad SMARTS) is 2. The average Bonchev–Trinajstić information content (AvgIpc) is 2.86. The maximum absolute atomic E-state index is 12.6. The van der Waals surface area contributed by atoms with E-state index in [4.69, 9.17) is 0 Å². The largest absolute Gasteiger partial charge is 0.481 e. The van der Waals surface area contributed by atoms with Gasteiger partial charge in [-0.1, -0.05) is 142 Å². The first-order valence-electron chi connectivity index (χ1n) is 15.9. The number of hydrogen-bond acceptors (Lipinski definition) is 2. The topological polar surface area (TPSA) is 74.6 Å². The molecule has 0 heterocycles. The van der Waals surface area contributed by atoms with E-state index in [1.54, 1.807) is 0 Å². The Balaban J connectivity index is 2.42. The van der Waals surface area contributed by atoms with E-state index in [0.717, 1.165) is 38.5 Å². The third kappa shape index (κ3) is 13.5. The first-order chi connectivity index (χ1) is 17.5. The Hall–Kier alpha value is -1.06. The molecule has 0 aromatic carbocycles. The zero-order valence-corrected chi connectivity index (χ0v) is 24.0. The number of unbranched alkanes of at least 4 members (excludes halogenated alkanes) is 18. The second-order valence-corrected chi connectivity index (χ2v) is 11.9. The molecule has 0 bridgehead atoms. The molecule has 1 rings (SSSR count). The van der Waals surface area contributed by atoms with Crippen LogP contribution in [-0.4, -0.2) is 22.2 Å². The molecule has 0 amide bonds. The van der Waals surface area contributed by atoms with E-state index >= 15 is 0 Å². The molecule has 3 unspecified atom stereocenters. The summed E-state index contributed by atoms with van der Waals surface area (Å²) in [6.07, 6.45) is 28.4. The molecule has 1 aliphatic carbocycles. The molecule has 0 saturated heterocycles. The summed E-state index contributed by atoms with van der Waals surface area (Å²) in [6, 6.07) is 0.